The van der Waals surface area contributed by atoms with Gasteiger partial charge >= 0.3 is 0 Å². The number of hydrogen-bond donors (Lipinski definition) is 1. The lowest BCUT2D eigenvalue weighted by atomic mass is 9.97. The smallest absolute Gasteiger partial charge is 0.0769 e. The zero-order valence-corrected chi connectivity index (χ0v) is 11.6. The van der Waals surface area contributed by atoms with Gasteiger partial charge in [-0.1, -0.05) is 29.8 Å². The first-order chi connectivity index (χ1) is 9.16. The number of halogens is 1. The van der Waals surface area contributed by atoms with Crippen molar-refractivity contribution < 1.29 is 5.11 Å². The maximum atomic E-state index is 10.0. The monoisotopic (exact) mass is 273 g/mol. The molecular formula is C16H16ClNO. The number of nitrogens with zero attached hydrogens (tertiary/aromatic N) is 1. The summed E-state index contributed by atoms with van der Waals surface area (Å²) in [7, 11) is 0. The lowest BCUT2D eigenvalue weighted by molar-refractivity contribution is 0.199. The van der Waals surface area contributed by atoms with Crippen LogP contribution in [0.25, 0.3) is 11.1 Å². The van der Waals surface area contributed by atoms with E-state index in [1.165, 1.54) is 12.8 Å². The second-order valence-corrected chi connectivity index (χ2v) is 5.53. The topological polar surface area (TPSA) is 33.1 Å². The predicted octanol–water partition coefficient (Wildman–Crippen LogP) is 4.33. The Labute approximate surface area is 118 Å². The Kier molecular flexibility index (Phi) is 3.29. The van der Waals surface area contributed by atoms with Crippen LogP contribution in [-0.2, 0) is 0 Å². The van der Waals surface area contributed by atoms with Crippen LogP contribution in [0.3, 0.4) is 0 Å². The van der Waals surface area contributed by atoms with Gasteiger partial charge in [0.25, 0.3) is 0 Å². The van der Waals surface area contributed by atoms with E-state index < -0.39 is 6.10 Å². The number of rotatable bonds is 3. The molecule has 1 unspecified atom stereocenters. The fraction of sp³-hybridized carbons (Fsp3) is 0.312. The van der Waals surface area contributed by atoms with Crippen LogP contribution in [0, 0.1) is 0 Å². The number of aliphatic hydroxyl groups excluding tert-OH is 1. The van der Waals surface area contributed by atoms with E-state index in [2.05, 4.69) is 4.98 Å². The van der Waals surface area contributed by atoms with Crippen molar-refractivity contribution in [2.75, 3.05) is 0 Å². The molecule has 0 spiro atoms. The van der Waals surface area contributed by atoms with Gasteiger partial charge in [-0.3, -0.25) is 4.98 Å². The largest absolute Gasteiger partial charge is 0.389 e. The number of aliphatic hydroxyl groups is 1. The van der Waals surface area contributed by atoms with Crippen molar-refractivity contribution in [1.29, 1.82) is 0 Å². The van der Waals surface area contributed by atoms with Gasteiger partial charge in [-0.2, -0.15) is 0 Å². The van der Waals surface area contributed by atoms with E-state index in [0.29, 0.717) is 10.9 Å². The van der Waals surface area contributed by atoms with Crippen LogP contribution < -0.4 is 0 Å². The van der Waals surface area contributed by atoms with Crippen molar-refractivity contribution in [3.8, 4) is 11.1 Å². The van der Waals surface area contributed by atoms with Gasteiger partial charge in [0.2, 0.25) is 0 Å². The molecule has 0 aliphatic heterocycles. The SMILES string of the molecule is CC(O)c1cc(C2CC2)ncc1-c1ccccc1Cl. The van der Waals surface area contributed by atoms with Gasteiger partial charge < -0.3 is 5.11 Å². The second kappa shape index (κ2) is 4.95. The molecule has 0 radical (unpaired) electrons. The second-order valence-electron chi connectivity index (χ2n) is 5.13. The van der Waals surface area contributed by atoms with Crippen LogP contribution in [0.1, 0.15) is 43.0 Å². The summed E-state index contributed by atoms with van der Waals surface area (Å²) in [6.45, 7) is 1.78. The molecule has 1 aliphatic rings. The lowest BCUT2D eigenvalue weighted by Crippen LogP contribution is -1.99. The van der Waals surface area contributed by atoms with E-state index >= 15 is 0 Å². The summed E-state index contributed by atoms with van der Waals surface area (Å²) in [5, 5.41) is 10.7. The molecule has 1 atom stereocenters. The van der Waals surface area contributed by atoms with Crippen molar-refractivity contribution in [2.45, 2.75) is 31.8 Å². The Balaban J connectivity index is 2.12. The van der Waals surface area contributed by atoms with Gasteiger partial charge in [0.15, 0.2) is 0 Å². The minimum absolute atomic E-state index is 0.522. The Morgan fingerprint density at radius 2 is 2.00 bits per heavy atom. The predicted molar refractivity (Wildman–Crippen MR) is 77.3 cm³/mol. The fourth-order valence-corrected chi connectivity index (χ4v) is 2.58. The molecule has 3 heteroatoms. The molecule has 1 aliphatic carbocycles. The van der Waals surface area contributed by atoms with Crippen molar-refractivity contribution >= 4 is 11.6 Å². The number of pyridine rings is 1. The highest BCUT2D eigenvalue weighted by Gasteiger charge is 2.26. The summed E-state index contributed by atoms with van der Waals surface area (Å²) in [6.07, 6.45) is 3.73. The Morgan fingerprint density at radius 1 is 1.26 bits per heavy atom. The highest BCUT2D eigenvalue weighted by Crippen LogP contribution is 2.41. The summed E-state index contributed by atoms with van der Waals surface area (Å²) in [6, 6.07) is 9.70. The molecular weight excluding hydrogens is 258 g/mol. The van der Waals surface area contributed by atoms with Crippen LogP contribution in [0.5, 0.6) is 0 Å². The van der Waals surface area contributed by atoms with E-state index in [1.807, 2.05) is 36.5 Å². The van der Waals surface area contributed by atoms with E-state index in [9.17, 15) is 5.11 Å². The third-order valence-electron chi connectivity index (χ3n) is 3.57. The van der Waals surface area contributed by atoms with Crippen molar-refractivity contribution in [1.82, 2.24) is 4.98 Å². The molecule has 1 aromatic heterocycles. The average molecular weight is 274 g/mol. The highest BCUT2D eigenvalue weighted by molar-refractivity contribution is 6.33. The molecule has 0 bridgehead atoms. The molecule has 2 aromatic rings. The van der Waals surface area contributed by atoms with Crippen LogP contribution >= 0.6 is 11.6 Å². The van der Waals surface area contributed by atoms with Gasteiger partial charge in [-0.05, 0) is 37.5 Å². The zero-order valence-electron chi connectivity index (χ0n) is 10.8. The third-order valence-corrected chi connectivity index (χ3v) is 3.90. The molecule has 1 N–H and O–H groups in total. The van der Waals surface area contributed by atoms with Crippen LogP contribution in [0.15, 0.2) is 36.5 Å². The minimum Gasteiger partial charge on any atom is -0.389 e. The third kappa shape index (κ3) is 2.51. The summed E-state index contributed by atoms with van der Waals surface area (Å²) in [5.41, 5.74) is 3.84. The normalized spacial score (nSPS) is 16.4. The Hall–Kier alpha value is -1.38. The van der Waals surface area contributed by atoms with Crippen LogP contribution in [0.4, 0.5) is 0 Å². The fourth-order valence-electron chi connectivity index (χ4n) is 2.34. The van der Waals surface area contributed by atoms with E-state index in [1.54, 1.807) is 6.92 Å². The van der Waals surface area contributed by atoms with Gasteiger partial charge in [0.05, 0.1) is 6.10 Å². The molecule has 19 heavy (non-hydrogen) atoms. The molecule has 1 aromatic carbocycles. The first kappa shape index (κ1) is 12.6. The maximum Gasteiger partial charge on any atom is 0.0769 e. The van der Waals surface area contributed by atoms with Gasteiger partial charge in [0.1, 0.15) is 0 Å². The summed E-state index contributed by atoms with van der Waals surface area (Å²) < 4.78 is 0. The number of benzene rings is 1. The first-order valence-corrected chi connectivity index (χ1v) is 6.97. The van der Waals surface area contributed by atoms with E-state index in [4.69, 9.17) is 11.6 Å². The van der Waals surface area contributed by atoms with Crippen LogP contribution in [-0.4, -0.2) is 10.1 Å². The molecule has 1 fully saturated rings. The molecule has 0 saturated heterocycles. The Bertz CT molecular complexity index is 605. The molecule has 1 heterocycles. The standard InChI is InChI=1S/C16H16ClNO/c1-10(19)13-8-16(11-6-7-11)18-9-14(13)12-4-2-3-5-15(12)17/h2-5,8-11,19H,6-7H2,1H3. The van der Waals surface area contributed by atoms with Crippen molar-refractivity contribution in [3.05, 3.63) is 52.8 Å². The molecule has 0 amide bonds. The number of hydrogen-bond acceptors (Lipinski definition) is 2. The minimum atomic E-state index is -0.522. The van der Waals surface area contributed by atoms with Gasteiger partial charge in [-0.25, -0.2) is 0 Å². The van der Waals surface area contributed by atoms with Gasteiger partial charge in [-0.15, -0.1) is 0 Å². The summed E-state index contributed by atoms with van der Waals surface area (Å²) in [4.78, 5) is 4.53. The van der Waals surface area contributed by atoms with Crippen molar-refractivity contribution in [3.63, 3.8) is 0 Å². The Morgan fingerprint density at radius 3 is 2.63 bits per heavy atom. The lowest BCUT2D eigenvalue weighted by Gasteiger charge is -2.14. The van der Waals surface area contributed by atoms with Crippen LogP contribution in [0.2, 0.25) is 5.02 Å². The molecule has 2 nitrogen and oxygen atoms in total. The zero-order chi connectivity index (χ0) is 13.4. The van der Waals surface area contributed by atoms with E-state index in [0.717, 1.165) is 22.4 Å². The molecule has 3 rings (SSSR count). The summed E-state index contributed by atoms with van der Waals surface area (Å²) in [5.74, 6) is 0.581. The van der Waals surface area contributed by atoms with E-state index in [-0.39, 0.29) is 0 Å². The summed E-state index contributed by atoms with van der Waals surface area (Å²) >= 11 is 6.24. The quantitative estimate of drug-likeness (QED) is 0.903. The van der Waals surface area contributed by atoms with Gasteiger partial charge in [0, 0.05) is 34.0 Å². The average Bonchev–Trinajstić information content (AvgIpc) is 3.23. The first-order valence-electron chi connectivity index (χ1n) is 6.59. The number of aromatic nitrogens is 1. The van der Waals surface area contributed by atoms with Crippen molar-refractivity contribution in [2.24, 2.45) is 0 Å². The molecule has 98 valence electrons. The molecule has 1 saturated carbocycles. The highest BCUT2D eigenvalue weighted by atomic mass is 35.5. The maximum absolute atomic E-state index is 10.0.